The maximum atomic E-state index is 10.7. The van der Waals surface area contributed by atoms with Crippen LogP contribution in [0.1, 0.15) is 25.3 Å². The van der Waals surface area contributed by atoms with Gasteiger partial charge >= 0.3 is 0 Å². The first kappa shape index (κ1) is 15.1. The Kier molecular flexibility index (Phi) is 4.46. The molecule has 116 valence electrons. The Balaban J connectivity index is 1.61. The van der Waals surface area contributed by atoms with Crippen LogP contribution >= 0.6 is 0 Å². The molecule has 3 nitrogen and oxygen atoms in total. The van der Waals surface area contributed by atoms with Crippen molar-refractivity contribution in [1.29, 1.82) is 0 Å². The zero-order valence-electron chi connectivity index (χ0n) is 13.0. The molecule has 2 aromatic rings. The van der Waals surface area contributed by atoms with Crippen molar-refractivity contribution in [3.8, 4) is 5.75 Å². The summed E-state index contributed by atoms with van der Waals surface area (Å²) in [6, 6.07) is 20.3. The van der Waals surface area contributed by atoms with Gasteiger partial charge in [-0.05, 0) is 24.6 Å². The molecule has 1 aliphatic heterocycles. The first-order chi connectivity index (χ1) is 10.6. The van der Waals surface area contributed by atoms with Gasteiger partial charge in [-0.15, -0.1) is 0 Å². The van der Waals surface area contributed by atoms with Gasteiger partial charge in [0.25, 0.3) is 0 Å². The fourth-order valence-electron chi connectivity index (χ4n) is 3.08. The maximum Gasteiger partial charge on any atom is 0.210 e. The fourth-order valence-corrected chi connectivity index (χ4v) is 3.08. The van der Waals surface area contributed by atoms with Crippen molar-refractivity contribution in [2.45, 2.75) is 38.1 Å². The summed E-state index contributed by atoms with van der Waals surface area (Å²) in [6.07, 6.45) is 1.24. The van der Waals surface area contributed by atoms with E-state index in [9.17, 15) is 5.11 Å². The number of piperidine rings is 1. The van der Waals surface area contributed by atoms with E-state index in [1.54, 1.807) is 0 Å². The molecule has 1 aliphatic rings. The minimum absolute atomic E-state index is 0.280. The van der Waals surface area contributed by atoms with Crippen LogP contribution in [0.25, 0.3) is 0 Å². The molecule has 0 aliphatic carbocycles. The average molecular weight is 297 g/mol. The fraction of sp³-hybridized carbons (Fsp3) is 0.368. The summed E-state index contributed by atoms with van der Waals surface area (Å²) in [5, 5.41) is 10.7. The highest BCUT2D eigenvalue weighted by molar-refractivity contribution is 5.22. The van der Waals surface area contributed by atoms with Gasteiger partial charge in [-0.2, -0.15) is 0 Å². The van der Waals surface area contributed by atoms with Crippen LogP contribution in [0.2, 0.25) is 0 Å². The van der Waals surface area contributed by atoms with Gasteiger partial charge < -0.3 is 9.84 Å². The molecule has 0 amide bonds. The minimum atomic E-state index is -1.06. The van der Waals surface area contributed by atoms with E-state index in [-0.39, 0.29) is 6.04 Å². The molecule has 0 aromatic heterocycles. The van der Waals surface area contributed by atoms with Crippen LogP contribution in [0, 0.1) is 0 Å². The lowest BCUT2D eigenvalue weighted by atomic mass is 9.96. The van der Waals surface area contributed by atoms with Crippen molar-refractivity contribution in [2.75, 3.05) is 6.54 Å². The molecule has 0 saturated carbocycles. The molecular formula is C19H23NO2. The second kappa shape index (κ2) is 6.51. The monoisotopic (exact) mass is 297 g/mol. The number of para-hydroxylation sites is 1. The van der Waals surface area contributed by atoms with Gasteiger partial charge in [-0.25, -0.2) is 0 Å². The number of ether oxygens (including phenoxy) is 1. The summed E-state index contributed by atoms with van der Waals surface area (Å²) in [6.45, 7) is 3.91. The van der Waals surface area contributed by atoms with Gasteiger partial charge in [-0.3, -0.25) is 4.90 Å². The quantitative estimate of drug-likeness (QED) is 0.878. The van der Waals surface area contributed by atoms with E-state index in [4.69, 9.17) is 4.74 Å². The van der Waals surface area contributed by atoms with E-state index in [2.05, 4.69) is 36.1 Å². The first-order valence-electron chi connectivity index (χ1n) is 7.89. The van der Waals surface area contributed by atoms with Gasteiger partial charge in [-0.1, -0.05) is 48.5 Å². The summed E-state index contributed by atoms with van der Waals surface area (Å²) < 4.78 is 5.84. The lowest BCUT2D eigenvalue weighted by Crippen LogP contribution is -2.51. The molecule has 3 rings (SSSR count). The first-order valence-corrected chi connectivity index (χ1v) is 7.89. The van der Waals surface area contributed by atoms with E-state index in [1.165, 1.54) is 5.56 Å². The Hall–Kier alpha value is -1.84. The van der Waals surface area contributed by atoms with Crippen molar-refractivity contribution in [3.05, 3.63) is 66.2 Å². The summed E-state index contributed by atoms with van der Waals surface area (Å²) >= 11 is 0. The zero-order valence-corrected chi connectivity index (χ0v) is 13.0. The maximum absolute atomic E-state index is 10.7. The summed E-state index contributed by atoms with van der Waals surface area (Å²) in [7, 11) is 0. The molecule has 2 unspecified atom stereocenters. The average Bonchev–Trinajstić information content (AvgIpc) is 2.52. The Morgan fingerprint density at radius 3 is 2.36 bits per heavy atom. The number of hydrogen-bond donors (Lipinski definition) is 1. The number of benzene rings is 2. The van der Waals surface area contributed by atoms with Crippen LogP contribution in [0.5, 0.6) is 5.75 Å². The van der Waals surface area contributed by atoms with E-state index in [1.807, 2.05) is 36.4 Å². The Morgan fingerprint density at radius 2 is 1.73 bits per heavy atom. The van der Waals surface area contributed by atoms with Crippen molar-refractivity contribution < 1.29 is 9.84 Å². The van der Waals surface area contributed by atoms with E-state index < -0.39 is 5.79 Å². The predicted molar refractivity (Wildman–Crippen MR) is 87.6 cm³/mol. The standard InChI is InChI=1S/C19H23NO2/c1-16-14-19(21,22-18-10-6-3-7-11-18)12-13-20(16)15-17-8-4-2-5-9-17/h2-11,16,21H,12-15H2,1H3. The third kappa shape index (κ3) is 3.67. The van der Waals surface area contributed by atoms with E-state index in [0.29, 0.717) is 12.8 Å². The topological polar surface area (TPSA) is 32.7 Å². The number of nitrogens with zero attached hydrogens (tertiary/aromatic N) is 1. The second-order valence-electron chi connectivity index (χ2n) is 6.12. The number of likely N-dealkylation sites (tertiary alicyclic amines) is 1. The van der Waals surface area contributed by atoms with Gasteiger partial charge in [0.2, 0.25) is 5.79 Å². The Labute approximate surface area is 132 Å². The van der Waals surface area contributed by atoms with Crippen LogP contribution in [-0.2, 0) is 6.54 Å². The van der Waals surface area contributed by atoms with Crippen LogP contribution < -0.4 is 4.74 Å². The molecule has 3 heteroatoms. The zero-order chi connectivity index (χ0) is 15.4. The Bertz CT molecular complexity index is 587. The van der Waals surface area contributed by atoms with Gasteiger partial charge in [0.15, 0.2) is 0 Å². The number of rotatable bonds is 4. The van der Waals surface area contributed by atoms with Crippen LogP contribution in [0.15, 0.2) is 60.7 Å². The van der Waals surface area contributed by atoms with Crippen molar-refractivity contribution in [1.82, 2.24) is 4.90 Å². The van der Waals surface area contributed by atoms with Crippen molar-refractivity contribution in [2.24, 2.45) is 0 Å². The second-order valence-corrected chi connectivity index (χ2v) is 6.12. The minimum Gasteiger partial charge on any atom is -0.462 e. The number of aliphatic hydroxyl groups is 1. The van der Waals surface area contributed by atoms with E-state index in [0.717, 1.165) is 18.8 Å². The summed E-state index contributed by atoms with van der Waals surface area (Å²) in [5.41, 5.74) is 1.31. The van der Waals surface area contributed by atoms with Gasteiger partial charge in [0.05, 0.1) is 0 Å². The molecular weight excluding hydrogens is 274 g/mol. The van der Waals surface area contributed by atoms with Crippen molar-refractivity contribution in [3.63, 3.8) is 0 Å². The molecule has 1 fully saturated rings. The molecule has 0 bridgehead atoms. The van der Waals surface area contributed by atoms with Crippen LogP contribution in [0.3, 0.4) is 0 Å². The molecule has 0 radical (unpaired) electrons. The van der Waals surface area contributed by atoms with Gasteiger partial charge in [0.1, 0.15) is 5.75 Å². The summed E-state index contributed by atoms with van der Waals surface area (Å²) in [5.74, 6) is -0.331. The molecule has 1 saturated heterocycles. The highest BCUT2D eigenvalue weighted by Crippen LogP contribution is 2.30. The molecule has 2 atom stereocenters. The summed E-state index contributed by atoms with van der Waals surface area (Å²) in [4.78, 5) is 2.40. The number of hydrogen-bond acceptors (Lipinski definition) is 3. The third-order valence-corrected chi connectivity index (χ3v) is 4.31. The highest BCUT2D eigenvalue weighted by Gasteiger charge is 2.38. The molecule has 1 heterocycles. The highest BCUT2D eigenvalue weighted by atomic mass is 16.6. The normalized spacial score (nSPS) is 25.8. The smallest absolute Gasteiger partial charge is 0.210 e. The Morgan fingerprint density at radius 1 is 1.09 bits per heavy atom. The molecule has 2 aromatic carbocycles. The molecule has 1 N–H and O–H groups in total. The van der Waals surface area contributed by atoms with E-state index >= 15 is 0 Å². The SMILES string of the molecule is CC1CC(O)(Oc2ccccc2)CCN1Cc1ccccc1. The largest absolute Gasteiger partial charge is 0.462 e. The predicted octanol–water partition coefficient (Wildman–Crippen LogP) is 3.44. The lowest BCUT2D eigenvalue weighted by Gasteiger charge is -2.42. The molecule has 22 heavy (non-hydrogen) atoms. The van der Waals surface area contributed by atoms with Crippen LogP contribution in [0.4, 0.5) is 0 Å². The third-order valence-electron chi connectivity index (χ3n) is 4.31. The van der Waals surface area contributed by atoms with Crippen LogP contribution in [-0.4, -0.2) is 28.4 Å². The lowest BCUT2D eigenvalue weighted by molar-refractivity contribution is -0.180. The molecule has 0 spiro atoms. The van der Waals surface area contributed by atoms with Crippen molar-refractivity contribution >= 4 is 0 Å². The van der Waals surface area contributed by atoms with Gasteiger partial charge in [0, 0.05) is 32.0 Å².